The maximum atomic E-state index is 13.4. The van der Waals surface area contributed by atoms with Gasteiger partial charge in [-0.3, -0.25) is 0 Å². The number of aromatic nitrogens is 3. The SMILES string of the molecule is C[C@@H](O[C@H](C)C(F)(F)F)[C@H](N[S@](=O)C(C)(C)C)c1nc2nc([C@H](N)C3CC3)ccc2n1COCC[Si](C)(C)C. The van der Waals surface area contributed by atoms with E-state index < -0.39 is 48.2 Å². The molecule has 1 fully saturated rings. The van der Waals surface area contributed by atoms with Gasteiger partial charge in [0.05, 0.1) is 33.0 Å². The third-order valence-electron chi connectivity index (χ3n) is 6.77. The second-order valence-corrected chi connectivity index (χ2v) is 20.3. The van der Waals surface area contributed by atoms with Gasteiger partial charge in [0.1, 0.15) is 18.6 Å². The molecule has 8 nitrogen and oxygen atoms in total. The second kappa shape index (κ2) is 12.2. The van der Waals surface area contributed by atoms with Gasteiger partial charge >= 0.3 is 6.18 Å². The Balaban J connectivity index is 2.05. The lowest BCUT2D eigenvalue weighted by atomic mass is 10.1. The molecule has 0 aromatic carbocycles. The summed E-state index contributed by atoms with van der Waals surface area (Å²) in [4.78, 5) is 9.48. The summed E-state index contributed by atoms with van der Waals surface area (Å²) in [5.74, 6) is 0.740. The molecule has 3 N–H and O–H groups in total. The molecule has 0 bridgehead atoms. The number of ether oxygens (including phenoxy) is 2. The molecule has 39 heavy (non-hydrogen) atoms. The number of imidazole rings is 1. The van der Waals surface area contributed by atoms with Crippen molar-refractivity contribution in [2.75, 3.05) is 6.61 Å². The van der Waals surface area contributed by atoms with E-state index in [0.717, 1.165) is 31.5 Å². The molecule has 0 radical (unpaired) electrons. The van der Waals surface area contributed by atoms with Gasteiger partial charge in [-0.05, 0) is 71.6 Å². The lowest BCUT2D eigenvalue weighted by Gasteiger charge is -2.30. The zero-order valence-electron chi connectivity index (χ0n) is 24.3. The molecule has 1 saturated carbocycles. The fourth-order valence-electron chi connectivity index (χ4n) is 3.96. The Morgan fingerprint density at radius 1 is 1.18 bits per heavy atom. The molecule has 0 unspecified atom stereocenters. The summed E-state index contributed by atoms with van der Waals surface area (Å²) in [5, 5.41) is 0. The minimum Gasteiger partial charge on any atom is -0.364 e. The smallest absolute Gasteiger partial charge is 0.364 e. The largest absolute Gasteiger partial charge is 0.414 e. The van der Waals surface area contributed by atoms with Crippen LogP contribution in [0.1, 0.15) is 71.1 Å². The molecule has 2 heterocycles. The van der Waals surface area contributed by atoms with Crippen molar-refractivity contribution in [2.45, 2.75) is 115 Å². The molecule has 13 heteroatoms. The fraction of sp³-hybridized carbons (Fsp3) is 0.769. The number of halogens is 3. The molecule has 0 spiro atoms. The molecule has 2 aromatic rings. The van der Waals surface area contributed by atoms with E-state index in [-0.39, 0.29) is 12.8 Å². The molecule has 0 amide bonds. The van der Waals surface area contributed by atoms with Gasteiger partial charge in [0, 0.05) is 20.7 Å². The van der Waals surface area contributed by atoms with Crippen molar-refractivity contribution in [2.24, 2.45) is 11.7 Å². The highest BCUT2D eigenvalue weighted by atomic mass is 32.2. The monoisotopic (exact) mass is 591 g/mol. The average Bonchev–Trinajstić information content (AvgIpc) is 3.59. The molecule has 1 aliphatic carbocycles. The lowest BCUT2D eigenvalue weighted by molar-refractivity contribution is -0.227. The Hall–Kier alpha value is -1.38. The van der Waals surface area contributed by atoms with Gasteiger partial charge in [0.2, 0.25) is 0 Å². The standard InChI is InChI=1S/C26H44F3N5O3SSi/c1-16(37-17(2)26(27,28)29)22(33-38(35)25(3,4)5)24-32-23-20(34(24)15-36-13-14-39(6,7)8)12-11-19(31-23)21(30)18-9-10-18/h11-12,16-18,21-22,33H,9-10,13-15,30H2,1-8H3/t16-,17-,21-,22+,38-/m1/s1. The van der Waals surface area contributed by atoms with Crippen LogP contribution in [-0.4, -0.2) is 56.6 Å². The number of hydrogen-bond donors (Lipinski definition) is 2. The van der Waals surface area contributed by atoms with Crippen LogP contribution in [-0.2, 0) is 27.2 Å². The molecular formula is C26H44F3N5O3SSi. The van der Waals surface area contributed by atoms with E-state index in [4.69, 9.17) is 25.2 Å². The lowest BCUT2D eigenvalue weighted by Crippen LogP contribution is -2.43. The van der Waals surface area contributed by atoms with Gasteiger partial charge in [-0.25, -0.2) is 18.9 Å². The Morgan fingerprint density at radius 3 is 2.36 bits per heavy atom. The molecular weight excluding hydrogens is 547 g/mol. The van der Waals surface area contributed by atoms with E-state index in [2.05, 4.69) is 24.4 Å². The van der Waals surface area contributed by atoms with Crippen LogP contribution in [0.3, 0.4) is 0 Å². The zero-order valence-corrected chi connectivity index (χ0v) is 26.1. The Labute approximate surface area is 233 Å². The van der Waals surface area contributed by atoms with Gasteiger partial charge in [-0.1, -0.05) is 19.6 Å². The average molecular weight is 592 g/mol. The van der Waals surface area contributed by atoms with E-state index in [1.54, 1.807) is 25.3 Å². The summed E-state index contributed by atoms with van der Waals surface area (Å²) < 4.78 is 69.0. The topological polar surface area (TPSA) is 104 Å². The van der Waals surface area contributed by atoms with Crippen molar-refractivity contribution >= 4 is 30.2 Å². The van der Waals surface area contributed by atoms with Gasteiger partial charge in [-0.15, -0.1) is 0 Å². The van der Waals surface area contributed by atoms with E-state index >= 15 is 0 Å². The van der Waals surface area contributed by atoms with E-state index in [1.807, 2.05) is 12.1 Å². The molecule has 1 aliphatic rings. The third-order valence-corrected chi connectivity index (χ3v) is 10.1. The number of alkyl halides is 3. The van der Waals surface area contributed by atoms with Crippen molar-refractivity contribution in [1.29, 1.82) is 0 Å². The van der Waals surface area contributed by atoms with E-state index in [0.29, 0.717) is 29.5 Å². The van der Waals surface area contributed by atoms with Gasteiger partial charge in [0.25, 0.3) is 0 Å². The first-order valence-corrected chi connectivity index (χ1v) is 18.3. The van der Waals surface area contributed by atoms with Crippen LogP contribution in [0.15, 0.2) is 12.1 Å². The van der Waals surface area contributed by atoms with E-state index in [1.165, 1.54) is 6.92 Å². The van der Waals surface area contributed by atoms with Crippen LogP contribution >= 0.6 is 0 Å². The Bertz CT molecular complexity index is 1140. The predicted molar refractivity (Wildman–Crippen MR) is 151 cm³/mol. The number of pyridine rings is 1. The fourth-order valence-corrected chi connectivity index (χ4v) is 5.60. The Kier molecular flexibility index (Phi) is 10.1. The highest BCUT2D eigenvalue weighted by Gasteiger charge is 2.41. The highest BCUT2D eigenvalue weighted by molar-refractivity contribution is 7.84. The van der Waals surface area contributed by atoms with Crippen molar-refractivity contribution in [3.63, 3.8) is 0 Å². The predicted octanol–water partition coefficient (Wildman–Crippen LogP) is 5.60. The van der Waals surface area contributed by atoms with Gasteiger partial charge < -0.3 is 19.8 Å². The van der Waals surface area contributed by atoms with Crippen LogP contribution in [0.5, 0.6) is 0 Å². The van der Waals surface area contributed by atoms with Crippen molar-refractivity contribution in [1.82, 2.24) is 19.3 Å². The summed E-state index contributed by atoms with van der Waals surface area (Å²) in [6.07, 6.45) is -5.48. The van der Waals surface area contributed by atoms with Crippen LogP contribution in [0.4, 0.5) is 13.2 Å². The molecule has 3 rings (SSSR count). The zero-order chi connectivity index (χ0) is 29.3. The van der Waals surface area contributed by atoms with E-state index in [9.17, 15) is 17.4 Å². The minimum absolute atomic E-state index is 0.119. The summed E-state index contributed by atoms with van der Waals surface area (Å²) in [7, 11) is -2.97. The van der Waals surface area contributed by atoms with Crippen LogP contribution < -0.4 is 10.5 Å². The first-order chi connectivity index (χ1) is 17.9. The molecule has 2 aromatic heterocycles. The van der Waals surface area contributed by atoms with Crippen LogP contribution in [0, 0.1) is 5.92 Å². The minimum atomic E-state index is -4.54. The summed E-state index contributed by atoms with van der Waals surface area (Å²) in [6, 6.07) is 3.56. The molecule has 5 atom stereocenters. The maximum absolute atomic E-state index is 13.4. The number of nitrogens with zero attached hydrogens (tertiary/aromatic N) is 3. The van der Waals surface area contributed by atoms with Crippen molar-refractivity contribution < 1.29 is 26.9 Å². The number of nitrogens with one attached hydrogen (secondary N) is 1. The first kappa shape index (κ1) is 32.1. The number of rotatable bonds is 13. The number of nitrogens with two attached hydrogens (primary N) is 1. The molecule has 0 saturated heterocycles. The highest BCUT2D eigenvalue weighted by Crippen LogP contribution is 2.39. The van der Waals surface area contributed by atoms with Crippen molar-refractivity contribution in [3.8, 4) is 0 Å². The Morgan fingerprint density at radius 2 is 1.82 bits per heavy atom. The maximum Gasteiger partial charge on any atom is 0.414 e. The first-order valence-electron chi connectivity index (χ1n) is 13.5. The number of fused-ring (bicyclic) bond motifs is 1. The summed E-state index contributed by atoms with van der Waals surface area (Å²) in [5.41, 5.74) is 8.19. The molecule has 0 aliphatic heterocycles. The number of hydrogen-bond acceptors (Lipinski definition) is 6. The van der Waals surface area contributed by atoms with Crippen LogP contribution in [0.25, 0.3) is 11.2 Å². The normalized spacial score (nSPS) is 19.2. The molecule has 222 valence electrons. The summed E-state index contributed by atoms with van der Waals surface area (Å²) in [6.45, 7) is 15.3. The van der Waals surface area contributed by atoms with Crippen LogP contribution in [0.2, 0.25) is 25.7 Å². The third kappa shape index (κ3) is 8.80. The van der Waals surface area contributed by atoms with Gasteiger partial charge in [0.15, 0.2) is 11.8 Å². The quantitative estimate of drug-likeness (QED) is 0.232. The van der Waals surface area contributed by atoms with Crippen molar-refractivity contribution in [3.05, 3.63) is 23.7 Å². The van der Waals surface area contributed by atoms with Gasteiger partial charge in [-0.2, -0.15) is 13.2 Å². The summed E-state index contributed by atoms with van der Waals surface area (Å²) >= 11 is 0. The second-order valence-electron chi connectivity index (χ2n) is 12.7.